The van der Waals surface area contributed by atoms with Gasteiger partial charge in [0.2, 0.25) is 0 Å². The SMILES string of the molecule is O=C(O)N1CCCC[C@H]1[C@@H](O)c1ccc(-c2ccccc2)cc1. The van der Waals surface area contributed by atoms with Gasteiger partial charge in [-0.25, -0.2) is 4.79 Å². The molecule has 0 bridgehead atoms. The number of rotatable bonds is 3. The van der Waals surface area contributed by atoms with Gasteiger partial charge in [-0.15, -0.1) is 0 Å². The Bertz CT molecular complexity index is 654. The Kier molecular flexibility index (Phi) is 4.63. The Morgan fingerprint density at radius 2 is 1.65 bits per heavy atom. The molecule has 2 N–H and O–H groups in total. The molecule has 1 saturated heterocycles. The fraction of sp³-hybridized carbons (Fsp3) is 0.316. The van der Waals surface area contributed by atoms with Gasteiger partial charge in [-0.3, -0.25) is 0 Å². The predicted octanol–water partition coefficient (Wildman–Crippen LogP) is 3.92. The molecule has 120 valence electrons. The van der Waals surface area contributed by atoms with Crippen LogP contribution in [0, 0.1) is 0 Å². The van der Waals surface area contributed by atoms with Crippen LogP contribution in [0.1, 0.15) is 30.9 Å². The first-order chi connectivity index (χ1) is 11.2. The minimum absolute atomic E-state index is 0.358. The minimum Gasteiger partial charge on any atom is -0.465 e. The van der Waals surface area contributed by atoms with E-state index in [1.807, 2.05) is 54.6 Å². The molecule has 1 fully saturated rings. The van der Waals surface area contributed by atoms with E-state index in [4.69, 9.17) is 0 Å². The lowest BCUT2D eigenvalue weighted by atomic mass is 9.92. The molecule has 0 aromatic heterocycles. The molecule has 4 heteroatoms. The molecule has 3 rings (SSSR count). The van der Waals surface area contributed by atoms with Crippen molar-refractivity contribution >= 4 is 6.09 Å². The van der Waals surface area contributed by atoms with Crippen LogP contribution in [0.25, 0.3) is 11.1 Å². The number of carboxylic acid groups (broad SMARTS) is 1. The van der Waals surface area contributed by atoms with Crippen LogP contribution in [-0.2, 0) is 0 Å². The second-order valence-electron chi connectivity index (χ2n) is 5.97. The first kappa shape index (κ1) is 15.6. The highest BCUT2D eigenvalue weighted by Gasteiger charge is 2.32. The lowest BCUT2D eigenvalue weighted by molar-refractivity contribution is 0.0286. The fourth-order valence-electron chi connectivity index (χ4n) is 3.25. The number of likely N-dealkylation sites (tertiary alicyclic amines) is 1. The maximum absolute atomic E-state index is 11.4. The van der Waals surface area contributed by atoms with Crippen molar-refractivity contribution in [3.8, 4) is 11.1 Å². The Hall–Kier alpha value is -2.33. The van der Waals surface area contributed by atoms with Crippen molar-refractivity contribution in [3.05, 3.63) is 60.2 Å². The lowest BCUT2D eigenvalue weighted by Gasteiger charge is -2.36. The topological polar surface area (TPSA) is 60.8 Å². The third-order valence-electron chi connectivity index (χ3n) is 4.52. The molecule has 0 unspecified atom stereocenters. The quantitative estimate of drug-likeness (QED) is 0.903. The second kappa shape index (κ2) is 6.84. The maximum atomic E-state index is 11.4. The minimum atomic E-state index is -0.949. The molecule has 0 saturated carbocycles. The number of aliphatic hydroxyl groups is 1. The molecule has 4 nitrogen and oxygen atoms in total. The summed E-state index contributed by atoms with van der Waals surface area (Å²) in [5, 5.41) is 19.9. The molecule has 1 amide bonds. The van der Waals surface area contributed by atoms with Crippen LogP contribution in [-0.4, -0.2) is 33.8 Å². The average molecular weight is 311 g/mol. The zero-order valence-electron chi connectivity index (χ0n) is 12.9. The van der Waals surface area contributed by atoms with Gasteiger partial charge in [-0.2, -0.15) is 0 Å². The van der Waals surface area contributed by atoms with Crippen molar-refractivity contribution in [3.63, 3.8) is 0 Å². The number of piperidine rings is 1. The second-order valence-corrected chi connectivity index (χ2v) is 5.97. The van der Waals surface area contributed by atoms with Crippen LogP contribution in [0.15, 0.2) is 54.6 Å². The van der Waals surface area contributed by atoms with Crippen LogP contribution < -0.4 is 0 Å². The molecule has 2 aromatic carbocycles. The van der Waals surface area contributed by atoms with E-state index in [1.54, 1.807) is 0 Å². The van der Waals surface area contributed by atoms with Gasteiger partial charge >= 0.3 is 6.09 Å². The van der Waals surface area contributed by atoms with Crippen molar-refractivity contribution in [2.45, 2.75) is 31.4 Å². The fourth-order valence-corrected chi connectivity index (χ4v) is 3.25. The first-order valence-electron chi connectivity index (χ1n) is 8.00. The smallest absolute Gasteiger partial charge is 0.407 e. The molecule has 0 spiro atoms. The van der Waals surface area contributed by atoms with Crippen molar-refractivity contribution in [2.75, 3.05) is 6.54 Å². The van der Waals surface area contributed by atoms with Gasteiger partial charge in [0.05, 0.1) is 12.1 Å². The van der Waals surface area contributed by atoms with Gasteiger partial charge in [0.25, 0.3) is 0 Å². The molecular weight excluding hydrogens is 290 g/mol. The normalized spacial score (nSPS) is 19.3. The molecule has 1 aliphatic heterocycles. The number of nitrogens with zero attached hydrogens (tertiary/aromatic N) is 1. The maximum Gasteiger partial charge on any atom is 0.407 e. The Morgan fingerprint density at radius 3 is 2.30 bits per heavy atom. The van der Waals surface area contributed by atoms with E-state index in [9.17, 15) is 15.0 Å². The summed E-state index contributed by atoms with van der Waals surface area (Å²) >= 11 is 0. The molecule has 1 heterocycles. The summed E-state index contributed by atoms with van der Waals surface area (Å²) < 4.78 is 0. The van der Waals surface area contributed by atoms with Gasteiger partial charge in [-0.1, -0.05) is 54.6 Å². The van der Waals surface area contributed by atoms with Gasteiger partial charge in [0, 0.05) is 6.54 Å². The van der Waals surface area contributed by atoms with Crippen LogP contribution >= 0.6 is 0 Å². The van der Waals surface area contributed by atoms with E-state index in [0.29, 0.717) is 13.0 Å². The summed E-state index contributed by atoms with van der Waals surface area (Å²) in [6, 6.07) is 17.4. The summed E-state index contributed by atoms with van der Waals surface area (Å²) in [5.74, 6) is 0. The van der Waals surface area contributed by atoms with Crippen molar-refractivity contribution in [1.82, 2.24) is 4.90 Å². The summed E-state index contributed by atoms with van der Waals surface area (Å²) in [5.41, 5.74) is 2.97. The number of benzene rings is 2. The third kappa shape index (κ3) is 3.37. The third-order valence-corrected chi connectivity index (χ3v) is 4.52. The molecule has 0 aliphatic carbocycles. The van der Waals surface area contributed by atoms with Crippen molar-refractivity contribution in [1.29, 1.82) is 0 Å². The molecule has 0 radical (unpaired) electrons. The number of hydrogen-bond acceptors (Lipinski definition) is 2. The number of carbonyl (C=O) groups is 1. The summed E-state index contributed by atoms with van der Waals surface area (Å²) in [6.45, 7) is 0.499. The van der Waals surface area contributed by atoms with Crippen LogP contribution in [0.4, 0.5) is 4.79 Å². The van der Waals surface area contributed by atoms with E-state index in [2.05, 4.69) is 0 Å². The highest BCUT2D eigenvalue weighted by Crippen LogP contribution is 2.30. The molecular formula is C19H21NO3. The summed E-state index contributed by atoms with van der Waals surface area (Å²) in [4.78, 5) is 12.7. The van der Waals surface area contributed by atoms with E-state index in [0.717, 1.165) is 29.5 Å². The van der Waals surface area contributed by atoms with Gasteiger partial charge in [0.15, 0.2) is 0 Å². The Morgan fingerprint density at radius 1 is 1.00 bits per heavy atom. The molecule has 2 atom stereocenters. The van der Waals surface area contributed by atoms with Gasteiger partial charge < -0.3 is 15.1 Å². The zero-order chi connectivity index (χ0) is 16.2. The van der Waals surface area contributed by atoms with Crippen LogP contribution in [0.3, 0.4) is 0 Å². The number of hydrogen-bond donors (Lipinski definition) is 2. The van der Waals surface area contributed by atoms with E-state index in [-0.39, 0.29) is 6.04 Å². The average Bonchev–Trinajstić information content (AvgIpc) is 2.62. The number of aliphatic hydroxyl groups excluding tert-OH is 1. The van der Waals surface area contributed by atoms with E-state index >= 15 is 0 Å². The highest BCUT2D eigenvalue weighted by atomic mass is 16.4. The lowest BCUT2D eigenvalue weighted by Crippen LogP contribution is -2.46. The standard InChI is InChI=1S/C19H21NO3/c21-18(17-8-4-5-13-20(17)19(22)23)16-11-9-15(10-12-16)14-6-2-1-3-7-14/h1-3,6-7,9-12,17-18,21H,4-5,8,13H2,(H,22,23)/t17-,18-/m0/s1. The zero-order valence-corrected chi connectivity index (χ0v) is 12.9. The molecule has 2 aromatic rings. The molecule has 1 aliphatic rings. The monoisotopic (exact) mass is 311 g/mol. The van der Waals surface area contributed by atoms with Crippen LogP contribution in [0.5, 0.6) is 0 Å². The highest BCUT2D eigenvalue weighted by molar-refractivity contribution is 5.66. The van der Waals surface area contributed by atoms with Crippen LogP contribution in [0.2, 0.25) is 0 Å². The van der Waals surface area contributed by atoms with E-state index < -0.39 is 12.2 Å². The van der Waals surface area contributed by atoms with Crippen molar-refractivity contribution < 1.29 is 15.0 Å². The first-order valence-corrected chi connectivity index (χ1v) is 8.00. The van der Waals surface area contributed by atoms with Gasteiger partial charge in [0.1, 0.15) is 0 Å². The Labute approximate surface area is 136 Å². The molecule has 23 heavy (non-hydrogen) atoms. The van der Waals surface area contributed by atoms with Crippen molar-refractivity contribution in [2.24, 2.45) is 0 Å². The van der Waals surface area contributed by atoms with Gasteiger partial charge in [-0.05, 0) is 36.0 Å². The van der Waals surface area contributed by atoms with E-state index in [1.165, 1.54) is 4.90 Å². The number of amides is 1. The summed E-state index contributed by atoms with van der Waals surface area (Å²) in [7, 11) is 0. The summed E-state index contributed by atoms with van der Waals surface area (Å²) in [6.07, 6.45) is 0.787. The predicted molar refractivity (Wildman–Crippen MR) is 89.2 cm³/mol. The largest absolute Gasteiger partial charge is 0.465 e. The Balaban J connectivity index is 1.79.